The number of allylic oxidation sites excluding steroid dienone is 1. The van der Waals surface area contributed by atoms with Crippen LogP contribution < -0.4 is 5.73 Å². The molecule has 1 aromatic rings. The van der Waals surface area contributed by atoms with E-state index in [2.05, 4.69) is 50.3 Å². The second kappa shape index (κ2) is 10.5. The van der Waals surface area contributed by atoms with Gasteiger partial charge in [-0.25, -0.2) is 0 Å². The van der Waals surface area contributed by atoms with Gasteiger partial charge in [-0.3, -0.25) is 9.59 Å². The number of piperidine rings is 1. The molecule has 1 aliphatic heterocycles. The Bertz CT molecular complexity index is 862. The van der Waals surface area contributed by atoms with Crippen LogP contribution in [0.25, 0.3) is 6.08 Å². The molecule has 180 valence electrons. The second-order valence-electron chi connectivity index (χ2n) is 10.9. The first-order valence-electron chi connectivity index (χ1n) is 13.3. The maximum Gasteiger partial charge on any atom is 0.226 e. The van der Waals surface area contributed by atoms with Crippen molar-refractivity contribution in [3.05, 3.63) is 41.5 Å². The van der Waals surface area contributed by atoms with Crippen LogP contribution in [0.5, 0.6) is 0 Å². The fraction of sp³-hybridized carbons (Fsp3) is 0.655. The van der Waals surface area contributed by atoms with E-state index in [1.807, 2.05) is 4.90 Å². The molecule has 4 nitrogen and oxygen atoms in total. The van der Waals surface area contributed by atoms with Gasteiger partial charge in [0.2, 0.25) is 5.91 Å². The molecule has 3 aliphatic rings. The van der Waals surface area contributed by atoms with Gasteiger partial charge in [0.05, 0.1) is 6.04 Å². The quantitative estimate of drug-likeness (QED) is 0.569. The standard InChI is InChI=1S/C29H42N2O2/c1-3-21(2)24(20-27(32)26(30)19-22-9-5-4-6-10-22)28(33)31-17-15-29(16-18-31)14-13-23-11-7-8-12-25(23)29/h7-8,11-14,21-22,24,26H,3-6,9-10,15-20,30H2,1-2H3/t21-,24-,26-/m0/s1. The molecule has 1 aromatic carbocycles. The summed E-state index contributed by atoms with van der Waals surface area (Å²) < 4.78 is 0. The SMILES string of the molecule is CC[C@H](C)[C@H](CC(=O)[C@@H](N)CC1CCCCC1)C(=O)N1CCC2(C=Cc3ccccc32)CC1. The van der Waals surface area contributed by atoms with Crippen molar-refractivity contribution >= 4 is 17.8 Å². The number of fused-ring (bicyclic) bond motifs is 2. The average Bonchev–Trinajstić information content (AvgIpc) is 3.20. The summed E-state index contributed by atoms with van der Waals surface area (Å²) in [5.41, 5.74) is 9.14. The maximum absolute atomic E-state index is 13.6. The number of benzene rings is 1. The molecule has 1 heterocycles. The highest BCUT2D eigenvalue weighted by Gasteiger charge is 2.41. The van der Waals surface area contributed by atoms with Crippen LogP contribution in [0.2, 0.25) is 0 Å². The number of amides is 1. The lowest BCUT2D eigenvalue weighted by Crippen LogP contribution is -2.48. The minimum atomic E-state index is -0.419. The average molecular weight is 451 g/mol. The van der Waals surface area contributed by atoms with Crippen molar-refractivity contribution in [1.82, 2.24) is 4.90 Å². The Kier molecular flexibility index (Phi) is 7.73. The van der Waals surface area contributed by atoms with Crippen molar-refractivity contribution < 1.29 is 9.59 Å². The number of rotatable bonds is 8. The lowest BCUT2D eigenvalue weighted by molar-refractivity contribution is -0.141. The van der Waals surface area contributed by atoms with E-state index in [-0.39, 0.29) is 28.9 Å². The maximum atomic E-state index is 13.6. The lowest BCUT2D eigenvalue weighted by atomic mass is 9.74. The number of hydrogen-bond acceptors (Lipinski definition) is 3. The van der Waals surface area contributed by atoms with Crippen LogP contribution in [-0.4, -0.2) is 35.7 Å². The minimum Gasteiger partial charge on any atom is -0.342 e. The molecule has 2 aliphatic carbocycles. The molecule has 1 spiro atoms. The van der Waals surface area contributed by atoms with Gasteiger partial charge in [0.15, 0.2) is 0 Å². The molecular formula is C29H42N2O2. The largest absolute Gasteiger partial charge is 0.342 e. The number of ketones is 1. The van der Waals surface area contributed by atoms with Crippen molar-refractivity contribution in [1.29, 1.82) is 0 Å². The molecule has 0 aromatic heterocycles. The third-order valence-corrected chi connectivity index (χ3v) is 8.84. The predicted octanol–water partition coefficient (Wildman–Crippen LogP) is 5.49. The van der Waals surface area contributed by atoms with E-state index in [4.69, 9.17) is 5.73 Å². The molecular weight excluding hydrogens is 408 g/mol. The van der Waals surface area contributed by atoms with Crippen LogP contribution >= 0.6 is 0 Å². The van der Waals surface area contributed by atoms with Crippen molar-refractivity contribution in [3.63, 3.8) is 0 Å². The van der Waals surface area contributed by atoms with Gasteiger partial charge in [-0.1, -0.05) is 88.8 Å². The van der Waals surface area contributed by atoms with E-state index >= 15 is 0 Å². The summed E-state index contributed by atoms with van der Waals surface area (Å²) >= 11 is 0. The fourth-order valence-corrected chi connectivity index (χ4v) is 6.33. The molecule has 3 atom stereocenters. The first-order chi connectivity index (χ1) is 15.9. The van der Waals surface area contributed by atoms with Gasteiger partial charge in [0.1, 0.15) is 5.78 Å². The Morgan fingerprint density at radius 3 is 2.52 bits per heavy atom. The number of carbonyl (C=O) groups is 2. The van der Waals surface area contributed by atoms with Gasteiger partial charge < -0.3 is 10.6 Å². The highest BCUT2D eigenvalue weighted by atomic mass is 16.2. The molecule has 1 amide bonds. The van der Waals surface area contributed by atoms with Crippen LogP contribution in [0.1, 0.15) is 89.2 Å². The van der Waals surface area contributed by atoms with Crippen LogP contribution in [-0.2, 0) is 15.0 Å². The highest BCUT2D eigenvalue weighted by molar-refractivity contribution is 5.90. The van der Waals surface area contributed by atoms with Crippen LogP contribution in [0.3, 0.4) is 0 Å². The smallest absolute Gasteiger partial charge is 0.226 e. The van der Waals surface area contributed by atoms with Gasteiger partial charge in [0.25, 0.3) is 0 Å². The van der Waals surface area contributed by atoms with Crippen molar-refractivity contribution in [2.24, 2.45) is 23.5 Å². The molecule has 2 N–H and O–H groups in total. The number of carbonyl (C=O) groups excluding carboxylic acids is 2. The number of hydrogen-bond donors (Lipinski definition) is 1. The lowest BCUT2D eigenvalue weighted by Gasteiger charge is -2.41. The predicted molar refractivity (Wildman–Crippen MR) is 135 cm³/mol. The molecule has 33 heavy (non-hydrogen) atoms. The van der Waals surface area contributed by atoms with Crippen molar-refractivity contribution in [3.8, 4) is 0 Å². The number of likely N-dealkylation sites (tertiary alicyclic amines) is 1. The van der Waals surface area contributed by atoms with E-state index in [1.165, 1.54) is 43.2 Å². The summed E-state index contributed by atoms with van der Waals surface area (Å²) in [7, 11) is 0. The van der Waals surface area contributed by atoms with E-state index in [0.717, 1.165) is 38.8 Å². The molecule has 0 bridgehead atoms. The van der Waals surface area contributed by atoms with Gasteiger partial charge in [-0.05, 0) is 42.2 Å². The number of nitrogens with zero attached hydrogens (tertiary/aromatic N) is 1. The Labute approximate surface area is 200 Å². The molecule has 4 rings (SSSR count). The zero-order chi connectivity index (χ0) is 23.4. The van der Waals surface area contributed by atoms with Crippen LogP contribution in [0.15, 0.2) is 30.3 Å². The summed E-state index contributed by atoms with van der Waals surface area (Å²) in [4.78, 5) is 28.7. The Morgan fingerprint density at radius 2 is 1.82 bits per heavy atom. The summed E-state index contributed by atoms with van der Waals surface area (Å²) in [6.07, 6.45) is 14.7. The van der Waals surface area contributed by atoms with Crippen LogP contribution in [0, 0.1) is 17.8 Å². The third kappa shape index (κ3) is 5.26. The third-order valence-electron chi connectivity index (χ3n) is 8.84. The molecule has 4 heteroatoms. The summed E-state index contributed by atoms with van der Waals surface area (Å²) in [6, 6.07) is 8.21. The molecule has 2 fully saturated rings. The van der Waals surface area contributed by atoms with E-state index < -0.39 is 6.04 Å². The number of nitrogens with two attached hydrogens (primary N) is 1. The molecule has 0 radical (unpaired) electrons. The summed E-state index contributed by atoms with van der Waals surface area (Å²) in [6.45, 7) is 5.74. The van der Waals surface area contributed by atoms with E-state index in [1.54, 1.807) is 0 Å². The monoisotopic (exact) mass is 450 g/mol. The van der Waals surface area contributed by atoms with Gasteiger partial charge in [0, 0.05) is 30.8 Å². The first-order valence-corrected chi connectivity index (χ1v) is 13.3. The minimum absolute atomic E-state index is 0.0669. The second-order valence-corrected chi connectivity index (χ2v) is 10.9. The first kappa shape index (κ1) is 24.2. The van der Waals surface area contributed by atoms with Crippen molar-refractivity contribution in [2.45, 2.75) is 89.5 Å². The molecule has 1 saturated carbocycles. The topological polar surface area (TPSA) is 63.4 Å². The Hall–Kier alpha value is -1.94. The van der Waals surface area contributed by atoms with Crippen molar-refractivity contribution in [2.75, 3.05) is 13.1 Å². The zero-order valence-electron chi connectivity index (χ0n) is 20.6. The zero-order valence-corrected chi connectivity index (χ0v) is 20.6. The fourth-order valence-electron chi connectivity index (χ4n) is 6.33. The van der Waals surface area contributed by atoms with E-state index in [0.29, 0.717) is 12.3 Å². The van der Waals surface area contributed by atoms with Gasteiger partial charge >= 0.3 is 0 Å². The summed E-state index contributed by atoms with van der Waals surface area (Å²) in [5, 5.41) is 0. The van der Waals surface area contributed by atoms with Gasteiger partial charge in [-0.15, -0.1) is 0 Å². The normalized spacial score (nSPS) is 22.7. The van der Waals surface area contributed by atoms with E-state index in [9.17, 15) is 9.59 Å². The molecule has 0 unspecified atom stereocenters. The Morgan fingerprint density at radius 1 is 1.12 bits per heavy atom. The summed E-state index contributed by atoms with van der Waals surface area (Å²) in [5.74, 6) is 0.760. The highest BCUT2D eigenvalue weighted by Crippen LogP contribution is 2.44. The van der Waals surface area contributed by atoms with Crippen LogP contribution in [0.4, 0.5) is 0 Å². The Balaban J connectivity index is 1.37. The number of Topliss-reactive ketones (excluding diaryl/α,β-unsaturated/α-hetero) is 1. The molecule has 1 saturated heterocycles. The van der Waals surface area contributed by atoms with Gasteiger partial charge in [-0.2, -0.15) is 0 Å².